The van der Waals surface area contributed by atoms with Crippen molar-refractivity contribution in [2.24, 2.45) is 0 Å². The summed E-state index contributed by atoms with van der Waals surface area (Å²) < 4.78 is 13.1. The highest BCUT2D eigenvalue weighted by Gasteiger charge is 2.35. The fraction of sp³-hybridized carbons (Fsp3) is 0.222. The summed E-state index contributed by atoms with van der Waals surface area (Å²) in [4.78, 5) is 26.9. The number of rotatable bonds is 3. The van der Waals surface area contributed by atoms with Crippen LogP contribution >= 0.6 is 34.8 Å². The molecule has 1 atom stereocenters. The number of benzene rings is 2. The summed E-state index contributed by atoms with van der Waals surface area (Å²) in [5.41, 5.74) is 0.658. The van der Waals surface area contributed by atoms with Crippen LogP contribution in [0, 0.1) is 5.82 Å². The normalized spacial score (nSPS) is 16.6. The van der Waals surface area contributed by atoms with Crippen LogP contribution in [0.4, 0.5) is 10.1 Å². The van der Waals surface area contributed by atoms with E-state index >= 15 is 0 Å². The minimum atomic E-state index is -0.641. The van der Waals surface area contributed by atoms with Gasteiger partial charge in [0.25, 0.3) is 5.91 Å². The van der Waals surface area contributed by atoms with Gasteiger partial charge in [-0.1, -0.05) is 34.8 Å². The number of amides is 2. The molecule has 0 saturated carbocycles. The Hall–Kier alpha value is -1.82. The number of carbonyl (C=O) groups is 2. The molecule has 3 rings (SSSR count). The summed E-state index contributed by atoms with van der Waals surface area (Å²) >= 11 is 17.8. The van der Waals surface area contributed by atoms with Gasteiger partial charge in [-0.25, -0.2) is 4.39 Å². The predicted molar refractivity (Wildman–Crippen MR) is 101 cm³/mol. The average molecular weight is 416 g/mol. The van der Waals surface area contributed by atoms with Gasteiger partial charge >= 0.3 is 0 Å². The van der Waals surface area contributed by atoms with Gasteiger partial charge in [-0.15, -0.1) is 0 Å². The first-order chi connectivity index (χ1) is 12.4. The second-order valence-corrected chi connectivity index (χ2v) is 7.12. The number of nitrogens with zero attached hydrogens (tertiary/aromatic N) is 1. The quantitative estimate of drug-likeness (QED) is 0.764. The van der Waals surface area contributed by atoms with Crippen molar-refractivity contribution in [1.82, 2.24) is 4.90 Å². The van der Waals surface area contributed by atoms with Crippen molar-refractivity contribution in [2.75, 3.05) is 11.9 Å². The highest BCUT2D eigenvalue weighted by molar-refractivity contribution is 6.42. The Kier molecular flexibility index (Phi) is 5.70. The topological polar surface area (TPSA) is 49.4 Å². The third-order valence-corrected chi connectivity index (χ3v) is 5.22. The molecule has 26 heavy (non-hydrogen) atoms. The molecule has 1 heterocycles. The zero-order valence-electron chi connectivity index (χ0n) is 13.4. The molecule has 1 N–H and O–H groups in total. The van der Waals surface area contributed by atoms with Gasteiger partial charge in [0.1, 0.15) is 11.9 Å². The van der Waals surface area contributed by atoms with Crippen molar-refractivity contribution < 1.29 is 14.0 Å². The molecule has 2 aromatic carbocycles. The van der Waals surface area contributed by atoms with Crippen molar-refractivity contribution in [3.63, 3.8) is 0 Å². The first-order valence-corrected chi connectivity index (χ1v) is 9.02. The first kappa shape index (κ1) is 19.0. The maximum absolute atomic E-state index is 13.1. The molecule has 2 aromatic rings. The van der Waals surface area contributed by atoms with Gasteiger partial charge in [0.15, 0.2) is 0 Å². The van der Waals surface area contributed by atoms with Gasteiger partial charge in [0.2, 0.25) is 5.91 Å². The summed E-state index contributed by atoms with van der Waals surface area (Å²) in [7, 11) is 0. The third kappa shape index (κ3) is 3.95. The van der Waals surface area contributed by atoms with E-state index in [0.717, 1.165) is 6.07 Å². The fourth-order valence-corrected chi connectivity index (χ4v) is 3.40. The lowest BCUT2D eigenvalue weighted by Crippen LogP contribution is -2.43. The van der Waals surface area contributed by atoms with Crippen LogP contribution in [0.25, 0.3) is 0 Å². The van der Waals surface area contributed by atoms with Gasteiger partial charge in [-0.3, -0.25) is 9.59 Å². The highest BCUT2D eigenvalue weighted by atomic mass is 35.5. The maximum atomic E-state index is 13.1. The van der Waals surface area contributed by atoms with E-state index in [1.54, 1.807) is 12.1 Å². The van der Waals surface area contributed by atoms with Crippen LogP contribution in [-0.2, 0) is 4.79 Å². The van der Waals surface area contributed by atoms with Crippen molar-refractivity contribution in [3.05, 3.63) is 62.8 Å². The molecule has 1 aliphatic rings. The summed E-state index contributed by atoms with van der Waals surface area (Å²) in [5.74, 6) is -1.17. The molecule has 0 aliphatic carbocycles. The zero-order valence-corrected chi connectivity index (χ0v) is 15.7. The number of hydrogen-bond donors (Lipinski definition) is 1. The predicted octanol–water partition coefficient (Wildman–Crippen LogP) is 5.03. The Bertz CT molecular complexity index is 876. The lowest BCUT2D eigenvalue weighted by molar-refractivity contribution is -0.119. The van der Waals surface area contributed by atoms with Crippen molar-refractivity contribution in [2.45, 2.75) is 18.9 Å². The molecule has 2 amide bonds. The summed E-state index contributed by atoms with van der Waals surface area (Å²) in [6.07, 6.45) is 1.22. The molecule has 0 aromatic heterocycles. The van der Waals surface area contributed by atoms with Crippen LogP contribution in [0.15, 0.2) is 36.4 Å². The number of anilines is 1. The molecule has 1 aliphatic heterocycles. The molecule has 1 fully saturated rings. The Morgan fingerprint density at radius 3 is 2.50 bits per heavy atom. The van der Waals surface area contributed by atoms with Crippen molar-refractivity contribution >= 4 is 52.3 Å². The van der Waals surface area contributed by atoms with Crippen LogP contribution < -0.4 is 5.32 Å². The van der Waals surface area contributed by atoms with E-state index in [4.69, 9.17) is 34.8 Å². The smallest absolute Gasteiger partial charge is 0.254 e. The Morgan fingerprint density at radius 2 is 1.81 bits per heavy atom. The largest absolute Gasteiger partial charge is 0.327 e. The molecule has 4 nitrogen and oxygen atoms in total. The van der Waals surface area contributed by atoms with Gasteiger partial charge in [-0.2, -0.15) is 0 Å². The first-order valence-electron chi connectivity index (χ1n) is 7.89. The van der Waals surface area contributed by atoms with E-state index in [-0.39, 0.29) is 21.9 Å². The fourth-order valence-electron chi connectivity index (χ4n) is 2.88. The van der Waals surface area contributed by atoms with Crippen LogP contribution in [0.5, 0.6) is 0 Å². The zero-order chi connectivity index (χ0) is 18.8. The summed E-state index contributed by atoms with van der Waals surface area (Å²) in [5, 5.41) is 3.38. The highest BCUT2D eigenvalue weighted by Crippen LogP contribution is 2.27. The van der Waals surface area contributed by atoms with Crippen LogP contribution in [0.1, 0.15) is 23.2 Å². The van der Waals surface area contributed by atoms with Gasteiger partial charge < -0.3 is 10.2 Å². The van der Waals surface area contributed by atoms with E-state index in [9.17, 15) is 14.0 Å². The van der Waals surface area contributed by atoms with Crippen LogP contribution in [-0.4, -0.2) is 29.3 Å². The Balaban J connectivity index is 1.77. The van der Waals surface area contributed by atoms with Crippen molar-refractivity contribution in [3.8, 4) is 0 Å². The number of halogens is 4. The van der Waals surface area contributed by atoms with Gasteiger partial charge in [0, 0.05) is 12.1 Å². The van der Waals surface area contributed by atoms with Crippen LogP contribution in [0.2, 0.25) is 15.1 Å². The Labute approximate surface area is 164 Å². The summed E-state index contributed by atoms with van der Waals surface area (Å²) in [6, 6.07) is 7.66. The molecular weight excluding hydrogens is 402 g/mol. The minimum absolute atomic E-state index is 0.0960. The molecule has 1 unspecified atom stereocenters. The number of nitrogens with one attached hydrogen (secondary N) is 1. The van der Waals surface area contributed by atoms with E-state index < -0.39 is 11.9 Å². The lowest BCUT2D eigenvalue weighted by atomic mass is 10.1. The molecule has 0 spiro atoms. The molecule has 136 valence electrons. The maximum Gasteiger partial charge on any atom is 0.254 e. The van der Waals surface area contributed by atoms with Crippen molar-refractivity contribution in [1.29, 1.82) is 0 Å². The van der Waals surface area contributed by atoms with E-state index in [1.165, 1.54) is 23.1 Å². The number of hydrogen-bond acceptors (Lipinski definition) is 2. The van der Waals surface area contributed by atoms with E-state index in [0.29, 0.717) is 35.7 Å². The molecule has 1 saturated heterocycles. The SMILES string of the molecule is O=C(Nc1ccc(F)cc1Cl)C1CCCN1C(=O)c1ccc(Cl)c(Cl)c1. The van der Waals surface area contributed by atoms with Crippen LogP contribution in [0.3, 0.4) is 0 Å². The molecule has 0 radical (unpaired) electrons. The van der Waals surface area contributed by atoms with E-state index in [2.05, 4.69) is 5.32 Å². The minimum Gasteiger partial charge on any atom is -0.327 e. The lowest BCUT2D eigenvalue weighted by Gasteiger charge is -2.24. The summed E-state index contributed by atoms with van der Waals surface area (Å²) in [6.45, 7) is 0.453. The second kappa shape index (κ2) is 7.82. The van der Waals surface area contributed by atoms with Gasteiger partial charge in [-0.05, 0) is 49.2 Å². The number of carbonyl (C=O) groups excluding carboxylic acids is 2. The second-order valence-electron chi connectivity index (χ2n) is 5.90. The monoisotopic (exact) mass is 414 g/mol. The molecular formula is C18H14Cl3FN2O2. The Morgan fingerprint density at radius 1 is 1.04 bits per heavy atom. The van der Waals surface area contributed by atoms with E-state index in [1.807, 2.05) is 0 Å². The van der Waals surface area contributed by atoms with Gasteiger partial charge in [0.05, 0.1) is 20.8 Å². The molecule has 8 heteroatoms. The third-order valence-electron chi connectivity index (χ3n) is 4.17. The molecule has 0 bridgehead atoms. The standard InChI is InChI=1S/C18H14Cl3FN2O2/c19-12-5-3-10(8-13(12)20)18(26)24-7-1-2-16(24)17(25)23-15-6-4-11(22)9-14(15)21/h3-6,8-9,16H,1-2,7H2,(H,23,25). The average Bonchev–Trinajstić information content (AvgIpc) is 3.09. The number of likely N-dealkylation sites (tertiary alicyclic amines) is 1.